The monoisotopic (exact) mass is 491 g/mol. The fourth-order valence-electron chi connectivity index (χ4n) is 4.12. The summed E-state index contributed by atoms with van der Waals surface area (Å²) in [7, 11) is 0. The van der Waals surface area contributed by atoms with Crippen LogP contribution in [0, 0.1) is 0 Å². The molecule has 8 heteroatoms. The number of thiocarbonyl (C=S) groups is 1. The molecular formula is C26H25N3O3S2. The highest BCUT2D eigenvalue weighted by molar-refractivity contribution is 8.26. The molecule has 174 valence electrons. The van der Waals surface area contributed by atoms with Crippen LogP contribution >= 0.6 is 24.0 Å². The predicted molar refractivity (Wildman–Crippen MR) is 139 cm³/mol. The predicted octanol–water partition coefficient (Wildman–Crippen LogP) is 5.32. The molecule has 1 amide bonds. The van der Waals surface area contributed by atoms with Gasteiger partial charge in [-0.15, -0.1) is 0 Å². The lowest BCUT2D eigenvalue weighted by Gasteiger charge is -2.18. The van der Waals surface area contributed by atoms with E-state index >= 15 is 0 Å². The fourth-order valence-corrected chi connectivity index (χ4v) is 5.39. The van der Waals surface area contributed by atoms with Crippen LogP contribution in [0.2, 0.25) is 0 Å². The quantitative estimate of drug-likeness (QED) is 0.329. The Morgan fingerprint density at radius 1 is 1.24 bits per heavy atom. The van der Waals surface area contributed by atoms with E-state index in [9.17, 15) is 4.79 Å². The number of aromatic nitrogens is 2. The number of hydrogen-bond donors (Lipinski definition) is 0. The first-order valence-corrected chi connectivity index (χ1v) is 12.6. The SMILES string of the molecule is CCOc1cccc(-c2nn(-c3ccccc3)cc2C=C2SC(=S)N(CC3CCCO3)C2=O)c1. The minimum Gasteiger partial charge on any atom is -0.494 e. The van der Waals surface area contributed by atoms with Gasteiger partial charge in [0.25, 0.3) is 5.91 Å². The Morgan fingerprint density at radius 2 is 2.09 bits per heavy atom. The zero-order valence-corrected chi connectivity index (χ0v) is 20.5. The summed E-state index contributed by atoms with van der Waals surface area (Å²) in [5.41, 5.74) is 3.47. The van der Waals surface area contributed by atoms with Crippen molar-refractivity contribution in [3.05, 3.63) is 71.3 Å². The van der Waals surface area contributed by atoms with Crippen molar-refractivity contribution in [3.63, 3.8) is 0 Å². The van der Waals surface area contributed by atoms with Crippen molar-refractivity contribution in [2.45, 2.75) is 25.9 Å². The lowest BCUT2D eigenvalue weighted by Crippen LogP contribution is -2.35. The summed E-state index contributed by atoms with van der Waals surface area (Å²) in [6.45, 7) is 3.80. The molecule has 5 rings (SSSR count). The Hall–Kier alpha value is -2.94. The van der Waals surface area contributed by atoms with Gasteiger partial charge in [0.15, 0.2) is 0 Å². The summed E-state index contributed by atoms with van der Waals surface area (Å²) in [6, 6.07) is 17.8. The van der Waals surface area contributed by atoms with E-state index in [0.717, 1.165) is 47.7 Å². The number of para-hydroxylation sites is 1. The van der Waals surface area contributed by atoms with E-state index in [2.05, 4.69) is 0 Å². The van der Waals surface area contributed by atoms with Crippen LogP contribution in [-0.2, 0) is 9.53 Å². The number of hydrogen-bond acceptors (Lipinski definition) is 6. The molecule has 3 heterocycles. The maximum Gasteiger partial charge on any atom is 0.266 e. The second-order valence-electron chi connectivity index (χ2n) is 8.10. The third kappa shape index (κ3) is 4.80. The van der Waals surface area contributed by atoms with E-state index in [1.807, 2.05) is 78.5 Å². The summed E-state index contributed by atoms with van der Waals surface area (Å²) < 4.78 is 13.8. The molecule has 2 fully saturated rings. The molecule has 0 radical (unpaired) electrons. The molecule has 1 unspecified atom stereocenters. The molecule has 0 aliphatic carbocycles. The third-order valence-corrected chi connectivity index (χ3v) is 7.13. The average Bonchev–Trinajstić information content (AvgIpc) is 3.58. The number of thioether (sulfide) groups is 1. The van der Waals surface area contributed by atoms with Crippen LogP contribution in [0.4, 0.5) is 0 Å². The molecule has 0 N–H and O–H groups in total. The van der Waals surface area contributed by atoms with Gasteiger partial charge in [-0.1, -0.05) is 54.3 Å². The van der Waals surface area contributed by atoms with Gasteiger partial charge in [0, 0.05) is 23.9 Å². The first kappa shape index (κ1) is 22.8. The fraction of sp³-hybridized carbons (Fsp3) is 0.269. The van der Waals surface area contributed by atoms with Crippen LogP contribution in [0.15, 0.2) is 65.7 Å². The van der Waals surface area contributed by atoms with Gasteiger partial charge in [0.1, 0.15) is 15.8 Å². The number of amides is 1. The minimum atomic E-state index is -0.0769. The molecule has 1 aromatic heterocycles. The van der Waals surface area contributed by atoms with Gasteiger partial charge in [-0.3, -0.25) is 9.69 Å². The number of ether oxygens (including phenoxy) is 2. The Bertz CT molecular complexity index is 1230. The number of nitrogens with zero attached hydrogens (tertiary/aromatic N) is 3. The Balaban J connectivity index is 1.52. The zero-order valence-electron chi connectivity index (χ0n) is 18.8. The smallest absolute Gasteiger partial charge is 0.266 e. The van der Waals surface area contributed by atoms with Crippen molar-refractivity contribution >= 4 is 40.3 Å². The lowest BCUT2D eigenvalue weighted by atomic mass is 10.1. The summed E-state index contributed by atoms with van der Waals surface area (Å²) in [4.78, 5) is 15.5. The molecule has 1 atom stereocenters. The van der Waals surface area contributed by atoms with Crippen LogP contribution in [0.5, 0.6) is 5.75 Å². The first-order valence-electron chi connectivity index (χ1n) is 11.4. The van der Waals surface area contributed by atoms with E-state index in [4.69, 9.17) is 26.8 Å². The van der Waals surface area contributed by atoms with Gasteiger partial charge < -0.3 is 9.47 Å². The molecule has 2 saturated heterocycles. The van der Waals surface area contributed by atoms with Crippen LogP contribution in [0.1, 0.15) is 25.3 Å². The van der Waals surface area contributed by atoms with Crippen molar-refractivity contribution in [1.82, 2.24) is 14.7 Å². The number of carbonyl (C=O) groups excluding carboxylic acids is 1. The van der Waals surface area contributed by atoms with Gasteiger partial charge in [-0.05, 0) is 50.1 Å². The standard InChI is InChI=1S/C26H25N3O3S2/c1-2-31-21-11-6-8-18(14-21)24-19(16-29(27-24)20-9-4-3-5-10-20)15-23-25(30)28(26(33)34-23)17-22-12-7-13-32-22/h3-6,8-11,14-16,22H,2,7,12-13,17H2,1H3. The normalized spacial score (nSPS) is 19.4. The Labute approximate surface area is 208 Å². The highest BCUT2D eigenvalue weighted by Gasteiger charge is 2.35. The topological polar surface area (TPSA) is 56.6 Å². The Kier molecular flexibility index (Phi) is 6.80. The summed E-state index contributed by atoms with van der Waals surface area (Å²) >= 11 is 6.87. The molecule has 2 aliphatic rings. The van der Waals surface area contributed by atoms with E-state index in [0.29, 0.717) is 22.4 Å². The largest absolute Gasteiger partial charge is 0.494 e. The molecule has 2 aromatic carbocycles. The highest BCUT2D eigenvalue weighted by Crippen LogP contribution is 2.36. The van der Waals surface area contributed by atoms with Crippen molar-refractivity contribution in [2.75, 3.05) is 19.8 Å². The van der Waals surface area contributed by atoms with Crippen LogP contribution in [0.25, 0.3) is 23.0 Å². The second kappa shape index (κ2) is 10.1. The molecule has 6 nitrogen and oxygen atoms in total. The number of carbonyl (C=O) groups is 1. The lowest BCUT2D eigenvalue weighted by molar-refractivity contribution is -0.123. The van der Waals surface area contributed by atoms with Gasteiger partial charge in [0.2, 0.25) is 0 Å². The maximum atomic E-state index is 13.2. The third-order valence-electron chi connectivity index (χ3n) is 5.75. The molecule has 3 aromatic rings. The Morgan fingerprint density at radius 3 is 2.85 bits per heavy atom. The minimum absolute atomic E-state index is 0.0551. The number of benzene rings is 2. The summed E-state index contributed by atoms with van der Waals surface area (Å²) in [5, 5.41) is 4.87. The van der Waals surface area contributed by atoms with Crippen LogP contribution in [0.3, 0.4) is 0 Å². The van der Waals surface area contributed by atoms with E-state index < -0.39 is 0 Å². The van der Waals surface area contributed by atoms with Crippen molar-refractivity contribution < 1.29 is 14.3 Å². The molecule has 0 bridgehead atoms. The van der Waals surface area contributed by atoms with Gasteiger partial charge in [-0.25, -0.2) is 4.68 Å². The van der Waals surface area contributed by atoms with Gasteiger partial charge >= 0.3 is 0 Å². The van der Waals surface area contributed by atoms with Crippen molar-refractivity contribution in [1.29, 1.82) is 0 Å². The first-order chi connectivity index (χ1) is 16.6. The second-order valence-corrected chi connectivity index (χ2v) is 9.78. The van der Waals surface area contributed by atoms with Crippen LogP contribution in [-0.4, -0.2) is 50.8 Å². The molecule has 0 spiro atoms. The number of rotatable bonds is 7. The van der Waals surface area contributed by atoms with Gasteiger partial charge in [-0.2, -0.15) is 5.10 Å². The molecule has 2 aliphatic heterocycles. The highest BCUT2D eigenvalue weighted by atomic mass is 32.2. The molecule has 34 heavy (non-hydrogen) atoms. The maximum absolute atomic E-state index is 13.2. The van der Waals surface area contributed by atoms with Gasteiger partial charge in [0.05, 0.1) is 29.8 Å². The van der Waals surface area contributed by atoms with E-state index in [-0.39, 0.29) is 12.0 Å². The van der Waals surface area contributed by atoms with Crippen molar-refractivity contribution in [3.8, 4) is 22.7 Å². The molecular weight excluding hydrogens is 466 g/mol. The molecule has 0 saturated carbocycles. The summed E-state index contributed by atoms with van der Waals surface area (Å²) in [5.74, 6) is 0.704. The van der Waals surface area contributed by atoms with E-state index in [1.165, 1.54) is 11.8 Å². The van der Waals surface area contributed by atoms with E-state index in [1.54, 1.807) is 4.90 Å². The average molecular weight is 492 g/mol. The van der Waals surface area contributed by atoms with Crippen LogP contribution < -0.4 is 4.74 Å². The zero-order chi connectivity index (χ0) is 23.5. The summed E-state index contributed by atoms with van der Waals surface area (Å²) in [6.07, 6.45) is 5.88. The van der Waals surface area contributed by atoms with Crippen molar-refractivity contribution in [2.24, 2.45) is 0 Å².